The smallest absolute Gasteiger partial charge is 0.313 e. The third-order valence-electron chi connectivity index (χ3n) is 4.55. The third-order valence-corrected chi connectivity index (χ3v) is 4.55. The van der Waals surface area contributed by atoms with E-state index in [0.717, 1.165) is 0 Å². The molecule has 0 radical (unpaired) electrons. The van der Waals surface area contributed by atoms with Gasteiger partial charge in [0.15, 0.2) is 0 Å². The monoisotopic (exact) mass is 282 g/mol. The summed E-state index contributed by atoms with van der Waals surface area (Å²) in [6.07, 6.45) is 6.18. The van der Waals surface area contributed by atoms with E-state index in [0.29, 0.717) is 38.9 Å². The largest absolute Gasteiger partial charge is 0.466 e. The predicted molar refractivity (Wildman–Crippen MR) is 77.1 cm³/mol. The van der Waals surface area contributed by atoms with Crippen LogP contribution in [-0.2, 0) is 19.1 Å². The quantitative estimate of drug-likeness (QED) is 0.554. The first-order valence-corrected chi connectivity index (χ1v) is 7.54. The highest BCUT2D eigenvalue weighted by atomic mass is 16.5. The van der Waals surface area contributed by atoms with E-state index in [1.807, 2.05) is 26.0 Å². The van der Waals surface area contributed by atoms with E-state index in [2.05, 4.69) is 0 Å². The summed E-state index contributed by atoms with van der Waals surface area (Å²) in [7, 11) is 0. The van der Waals surface area contributed by atoms with Gasteiger partial charge in [-0.05, 0) is 39.5 Å². The van der Waals surface area contributed by atoms with Crippen molar-refractivity contribution in [3.05, 3.63) is 12.2 Å². The number of rotatable bonds is 6. The maximum atomic E-state index is 12.6. The van der Waals surface area contributed by atoms with Gasteiger partial charge in [0.05, 0.1) is 24.0 Å². The molecule has 0 saturated carbocycles. The Labute approximate surface area is 121 Å². The molecule has 0 heterocycles. The van der Waals surface area contributed by atoms with Crippen molar-refractivity contribution < 1.29 is 19.1 Å². The second-order valence-electron chi connectivity index (χ2n) is 5.19. The number of hydrogen-bond donors (Lipinski definition) is 0. The van der Waals surface area contributed by atoms with Crippen molar-refractivity contribution in [2.45, 2.75) is 53.4 Å². The van der Waals surface area contributed by atoms with Crippen LogP contribution in [0.3, 0.4) is 0 Å². The number of allylic oxidation sites excluding steroid dienone is 2. The van der Waals surface area contributed by atoms with Crippen molar-refractivity contribution in [2.75, 3.05) is 13.2 Å². The van der Waals surface area contributed by atoms with E-state index in [4.69, 9.17) is 9.47 Å². The van der Waals surface area contributed by atoms with Crippen molar-refractivity contribution in [3.8, 4) is 0 Å². The lowest BCUT2D eigenvalue weighted by Crippen LogP contribution is -2.54. The Morgan fingerprint density at radius 2 is 1.20 bits per heavy atom. The maximum Gasteiger partial charge on any atom is 0.313 e. The molecule has 2 atom stereocenters. The van der Waals surface area contributed by atoms with Crippen LogP contribution in [0.2, 0.25) is 0 Å². The summed E-state index contributed by atoms with van der Waals surface area (Å²) >= 11 is 0. The number of esters is 2. The van der Waals surface area contributed by atoms with Crippen molar-refractivity contribution in [2.24, 2.45) is 10.8 Å². The molecule has 4 heteroatoms. The van der Waals surface area contributed by atoms with Gasteiger partial charge >= 0.3 is 11.9 Å². The van der Waals surface area contributed by atoms with Crippen LogP contribution in [0.25, 0.3) is 0 Å². The van der Waals surface area contributed by atoms with Crippen LogP contribution in [0.1, 0.15) is 53.4 Å². The van der Waals surface area contributed by atoms with Crippen LogP contribution in [-0.4, -0.2) is 25.2 Å². The molecule has 0 aromatic rings. The van der Waals surface area contributed by atoms with Crippen LogP contribution < -0.4 is 0 Å². The molecule has 0 fully saturated rings. The SMILES string of the molecule is CCOC(=O)[C@@]1(CC)CC=CC[C@]1(CC)C(=O)OCC. The lowest BCUT2D eigenvalue weighted by atomic mass is 9.55. The number of carbonyl (C=O) groups is 2. The highest BCUT2D eigenvalue weighted by molar-refractivity contribution is 5.89. The predicted octanol–water partition coefficient (Wildman–Crippen LogP) is 3.26. The molecule has 4 nitrogen and oxygen atoms in total. The molecule has 0 saturated heterocycles. The van der Waals surface area contributed by atoms with E-state index >= 15 is 0 Å². The molecule has 0 N–H and O–H groups in total. The fourth-order valence-electron chi connectivity index (χ4n) is 3.31. The van der Waals surface area contributed by atoms with Crippen LogP contribution >= 0.6 is 0 Å². The van der Waals surface area contributed by atoms with Crippen molar-refractivity contribution in [3.63, 3.8) is 0 Å². The number of ether oxygens (including phenoxy) is 2. The third kappa shape index (κ3) is 2.48. The summed E-state index contributed by atoms with van der Waals surface area (Å²) in [5.74, 6) is -0.552. The highest BCUT2D eigenvalue weighted by Gasteiger charge is 2.60. The topological polar surface area (TPSA) is 52.6 Å². The second-order valence-corrected chi connectivity index (χ2v) is 5.19. The Morgan fingerprint density at radius 3 is 1.45 bits per heavy atom. The summed E-state index contributed by atoms with van der Waals surface area (Å²) < 4.78 is 10.6. The van der Waals surface area contributed by atoms with Crippen molar-refractivity contribution in [1.29, 1.82) is 0 Å². The van der Waals surface area contributed by atoms with Crippen molar-refractivity contribution >= 4 is 11.9 Å². The first-order valence-electron chi connectivity index (χ1n) is 7.54. The van der Waals surface area contributed by atoms with Gasteiger partial charge in [-0.3, -0.25) is 9.59 Å². The Kier molecular flexibility index (Phi) is 5.78. The second kappa shape index (κ2) is 6.91. The lowest BCUT2D eigenvalue weighted by Gasteiger charge is -2.47. The van der Waals surface area contributed by atoms with Gasteiger partial charge in [0.1, 0.15) is 0 Å². The molecule has 0 unspecified atom stereocenters. The molecule has 1 aliphatic carbocycles. The average Bonchev–Trinajstić information content (AvgIpc) is 2.47. The van der Waals surface area contributed by atoms with Gasteiger partial charge in [-0.25, -0.2) is 0 Å². The van der Waals surface area contributed by atoms with Gasteiger partial charge in [0.25, 0.3) is 0 Å². The molecule has 20 heavy (non-hydrogen) atoms. The Bertz CT molecular complexity index is 352. The summed E-state index contributed by atoms with van der Waals surface area (Å²) in [5.41, 5.74) is -1.61. The van der Waals surface area contributed by atoms with E-state index in [9.17, 15) is 9.59 Å². The highest BCUT2D eigenvalue weighted by Crippen LogP contribution is 2.54. The van der Waals surface area contributed by atoms with Crippen molar-refractivity contribution in [1.82, 2.24) is 0 Å². The van der Waals surface area contributed by atoms with E-state index in [-0.39, 0.29) is 11.9 Å². The van der Waals surface area contributed by atoms with Gasteiger partial charge in [-0.2, -0.15) is 0 Å². The molecular formula is C16H26O4. The molecule has 0 bridgehead atoms. The Hall–Kier alpha value is -1.32. The van der Waals surface area contributed by atoms with E-state index < -0.39 is 10.8 Å². The van der Waals surface area contributed by atoms with Gasteiger partial charge in [0.2, 0.25) is 0 Å². The summed E-state index contributed by atoms with van der Waals surface area (Å²) in [6, 6.07) is 0. The zero-order valence-corrected chi connectivity index (χ0v) is 13.0. The summed E-state index contributed by atoms with van der Waals surface area (Å²) in [5, 5.41) is 0. The zero-order chi connectivity index (χ0) is 15.2. The van der Waals surface area contributed by atoms with Gasteiger partial charge in [-0.15, -0.1) is 0 Å². The van der Waals surface area contributed by atoms with Crippen LogP contribution in [0.15, 0.2) is 12.2 Å². The van der Waals surface area contributed by atoms with E-state index in [1.54, 1.807) is 13.8 Å². The molecule has 0 amide bonds. The minimum absolute atomic E-state index is 0.276. The van der Waals surface area contributed by atoms with Crippen LogP contribution in [0, 0.1) is 10.8 Å². The maximum absolute atomic E-state index is 12.6. The van der Waals surface area contributed by atoms with Gasteiger partial charge < -0.3 is 9.47 Å². The lowest BCUT2D eigenvalue weighted by molar-refractivity contribution is -0.183. The summed E-state index contributed by atoms with van der Waals surface area (Å²) in [4.78, 5) is 25.1. The molecule has 0 aromatic carbocycles. The normalized spacial score (nSPS) is 29.0. The number of hydrogen-bond acceptors (Lipinski definition) is 4. The van der Waals surface area contributed by atoms with Crippen LogP contribution in [0.4, 0.5) is 0 Å². The Balaban J connectivity index is 3.31. The standard InChI is InChI=1S/C16H26O4/c1-5-15(13(17)19-7-3)11-9-10-12-16(15,6-2)14(18)20-8-4/h9-10H,5-8,11-12H2,1-4H3/t15-,16-/m1/s1. The average molecular weight is 282 g/mol. The van der Waals surface area contributed by atoms with Gasteiger partial charge in [-0.1, -0.05) is 26.0 Å². The summed E-state index contributed by atoms with van der Waals surface area (Å²) in [6.45, 7) is 8.12. The molecule has 0 aliphatic heterocycles. The fourth-order valence-corrected chi connectivity index (χ4v) is 3.31. The zero-order valence-electron chi connectivity index (χ0n) is 13.0. The molecule has 0 spiro atoms. The first kappa shape index (κ1) is 16.7. The molecule has 0 aromatic heterocycles. The first-order chi connectivity index (χ1) is 9.54. The van der Waals surface area contributed by atoms with Gasteiger partial charge in [0, 0.05) is 0 Å². The fraction of sp³-hybridized carbons (Fsp3) is 0.750. The van der Waals surface area contributed by atoms with E-state index in [1.165, 1.54) is 0 Å². The molecule has 1 aliphatic rings. The molecule has 114 valence electrons. The Morgan fingerprint density at radius 1 is 0.850 bits per heavy atom. The molecule has 1 rings (SSSR count). The van der Waals surface area contributed by atoms with Crippen LogP contribution in [0.5, 0.6) is 0 Å². The minimum atomic E-state index is -0.807. The molecular weight excluding hydrogens is 256 g/mol. The minimum Gasteiger partial charge on any atom is -0.466 e. The number of carbonyl (C=O) groups excluding carboxylic acids is 2.